The smallest absolute Gasteiger partial charge is 0.244 e. The number of aromatic nitrogens is 1. The zero-order chi connectivity index (χ0) is 20.1. The predicted octanol–water partition coefficient (Wildman–Crippen LogP) is 3.45. The Morgan fingerprint density at radius 2 is 1.90 bits per heavy atom. The second-order valence-electron chi connectivity index (χ2n) is 6.57. The Balaban J connectivity index is 1.31. The molecule has 0 bridgehead atoms. The highest BCUT2D eigenvalue weighted by atomic mass is 32.1. The van der Waals surface area contributed by atoms with Gasteiger partial charge in [-0.1, -0.05) is 42.5 Å². The van der Waals surface area contributed by atoms with E-state index in [-0.39, 0.29) is 11.8 Å². The first-order chi connectivity index (χ1) is 14.2. The Bertz CT molecular complexity index is 1060. The van der Waals surface area contributed by atoms with E-state index in [0.29, 0.717) is 25.9 Å². The molecule has 7 heteroatoms. The lowest BCUT2D eigenvalue weighted by atomic mass is 10.0. The lowest BCUT2D eigenvalue weighted by Crippen LogP contribution is -2.38. The van der Waals surface area contributed by atoms with Crippen LogP contribution in [-0.4, -0.2) is 40.6 Å². The largest absolute Gasteiger partial charge is 0.351 e. The third kappa shape index (κ3) is 4.75. The van der Waals surface area contributed by atoms with Gasteiger partial charge in [0.05, 0.1) is 22.5 Å². The molecule has 2 amide bonds. The van der Waals surface area contributed by atoms with Gasteiger partial charge < -0.3 is 5.32 Å². The number of nitrogens with zero attached hydrogens (tertiary/aromatic N) is 3. The van der Waals surface area contributed by atoms with Crippen molar-refractivity contribution in [1.82, 2.24) is 15.3 Å². The van der Waals surface area contributed by atoms with Gasteiger partial charge in [0, 0.05) is 25.5 Å². The molecular formula is C22H20N4O2S. The van der Waals surface area contributed by atoms with Crippen LogP contribution in [0.25, 0.3) is 16.3 Å². The molecule has 0 saturated carbocycles. The van der Waals surface area contributed by atoms with Gasteiger partial charge in [0.15, 0.2) is 0 Å². The molecule has 0 aliphatic carbocycles. The summed E-state index contributed by atoms with van der Waals surface area (Å²) in [6.45, 7) is 0.677. The van der Waals surface area contributed by atoms with Gasteiger partial charge in [0.25, 0.3) is 0 Å². The summed E-state index contributed by atoms with van der Waals surface area (Å²) in [5.41, 5.74) is 2.84. The first-order valence-electron chi connectivity index (χ1n) is 9.44. The van der Waals surface area contributed by atoms with E-state index in [9.17, 15) is 9.59 Å². The first-order valence-corrected chi connectivity index (χ1v) is 10.3. The average molecular weight is 404 g/mol. The number of fused-ring (bicyclic) bond motifs is 1. The number of benzene rings is 2. The van der Waals surface area contributed by atoms with Crippen molar-refractivity contribution >= 4 is 45.2 Å². The minimum absolute atomic E-state index is 0.0241. The fraction of sp³-hybridized carbons (Fsp3) is 0.182. The van der Waals surface area contributed by atoms with Crippen molar-refractivity contribution in [2.75, 3.05) is 13.1 Å². The lowest BCUT2D eigenvalue weighted by molar-refractivity contribution is -0.132. The zero-order valence-electron chi connectivity index (χ0n) is 15.7. The van der Waals surface area contributed by atoms with Crippen molar-refractivity contribution in [2.45, 2.75) is 12.8 Å². The van der Waals surface area contributed by atoms with Gasteiger partial charge in [-0.15, -0.1) is 11.3 Å². The van der Waals surface area contributed by atoms with Gasteiger partial charge in [0.1, 0.15) is 5.01 Å². The van der Waals surface area contributed by atoms with Crippen LogP contribution in [0.3, 0.4) is 0 Å². The molecular weight excluding hydrogens is 384 g/mol. The van der Waals surface area contributed by atoms with Gasteiger partial charge >= 0.3 is 0 Å². The number of carbonyl (C=O) groups is 2. The maximum Gasteiger partial charge on any atom is 0.244 e. The maximum absolute atomic E-state index is 12.1. The molecule has 0 atom stereocenters. The standard InChI is InChI=1S/C22H20N4O2S/c27-20(11-12-21-24-18-8-4-5-9-19(18)29-21)23-14-15-26-22(28)13-10-17(25-26)16-6-2-1-3-7-16/h1-9,11-12H,10,13-15H2,(H,23,27). The van der Waals surface area contributed by atoms with Gasteiger partial charge in [-0.2, -0.15) is 5.10 Å². The predicted molar refractivity (Wildman–Crippen MR) is 116 cm³/mol. The van der Waals surface area contributed by atoms with Gasteiger partial charge in [-0.05, 0) is 23.8 Å². The number of hydrogen-bond donors (Lipinski definition) is 1. The third-order valence-corrected chi connectivity index (χ3v) is 5.52. The summed E-state index contributed by atoms with van der Waals surface area (Å²) in [7, 11) is 0. The highest BCUT2D eigenvalue weighted by molar-refractivity contribution is 7.19. The summed E-state index contributed by atoms with van der Waals surface area (Å²) in [6.07, 6.45) is 4.24. The number of hydrazone groups is 1. The van der Waals surface area contributed by atoms with Crippen LogP contribution >= 0.6 is 11.3 Å². The molecule has 2 heterocycles. The maximum atomic E-state index is 12.1. The van der Waals surface area contributed by atoms with Crippen LogP contribution in [-0.2, 0) is 9.59 Å². The molecule has 6 nitrogen and oxygen atoms in total. The van der Waals surface area contributed by atoms with E-state index in [1.807, 2.05) is 54.6 Å². The molecule has 1 N–H and O–H groups in total. The summed E-state index contributed by atoms with van der Waals surface area (Å²) < 4.78 is 1.09. The molecule has 1 aliphatic heterocycles. The highest BCUT2D eigenvalue weighted by Crippen LogP contribution is 2.22. The van der Waals surface area contributed by atoms with E-state index in [0.717, 1.165) is 26.5 Å². The first kappa shape index (κ1) is 19.0. The second-order valence-corrected chi connectivity index (χ2v) is 7.64. The fourth-order valence-electron chi connectivity index (χ4n) is 3.07. The molecule has 0 saturated heterocycles. The van der Waals surface area contributed by atoms with Crippen LogP contribution < -0.4 is 5.32 Å². The Hall–Kier alpha value is -3.32. The van der Waals surface area contributed by atoms with E-state index in [4.69, 9.17) is 0 Å². The molecule has 0 fully saturated rings. The number of hydrogen-bond acceptors (Lipinski definition) is 5. The van der Waals surface area contributed by atoms with Gasteiger partial charge in [0.2, 0.25) is 11.8 Å². The Morgan fingerprint density at radius 3 is 2.72 bits per heavy atom. The number of carbonyl (C=O) groups excluding carboxylic acids is 2. The minimum atomic E-state index is -0.221. The average Bonchev–Trinajstić information content (AvgIpc) is 3.17. The van der Waals surface area contributed by atoms with E-state index in [1.54, 1.807) is 6.08 Å². The number of rotatable bonds is 6. The van der Waals surface area contributed by atoms with E-state index < -0.39 is 0 Å². The van der Waals surface area contributed by atoms with E-state index >= 15 is 0 Å². The molecule has 1 aromatic heterocycles. The number of amides is 2. The summed E-state index contributed by atoms with van der Waals surface area (Å²) in [5.74, 6) is -0.245. The Labute approximate surface area is 172 Å². The van der Waals surface area contributed by atoms with Crippen LogP contribution in [0.4, 0.5) is 0 Å². The number of thiazole rings is 1. The Morgan fingerprint density at radius 1 is 1.10 bits per heavy atom. The molecule has 0 spiro atoms. The molecule has 0 unspecified atom stereocenters. The lowest BCUT2D eigenvalue weighted by Gasteiger charge is -2.23. The molecule has 29 heavy (non-hydrogen) atoms. The van der Waals surface area contributed by atoms with Crippen LogP contribution in [0.15, 0.2) is 65.8 Å². The van der Waals surface area contributed by atoms with Crippen molar-refractivity contribution in [3.8, 4) is 0 Å². The summed E-state index contributed by atoms with van der Waals surface area (Å²) >= 11 is 1.54. The zero-order valence-corrected chi connectivity index (χ0v) is 16.6. The Kier molecular flexibility index (Phi) is 5.76. The second kappa shape index (κ2) is 8.79. The minimum Gasteiger partial charge on any atom is -0.351 e. The number of para-hydroxylation sites is 1. The van der Waals surface area contributed by atoms with Crippen molar-refractivity contribution < 1.29 is 9.59 Å². The quantitative estimate of drug-likeness (QED) is 0.640. The van der Waals surface area contributed by atoms with Gasteiger partial charge in [-0.25, -0.2) is 9.99 Å². The number of nitrogens with one attached hydrogen (secondary N) is 1. The molecule has 146 valence electrons. The van der Waals surface area contributed by atoms with Crippen molar-refractivity contribution in [3.63, 3.8) is 0 Å². The normalized spacial score (nSPS) is 14.4. The van der Waals surface area contributed by atoms with Crippen LogP contribution in [0.2, 0.25) is 0 Å². The summed E-state index contributed by atoms with van der Waals surface area (Å²) in [6, 6.07) is 17.7. The molecule has 3 aromatic rings. The molecule has 1 aliphatic rings. The topological polar surface area (TPSA) is 74.7 Å². The highest BCUT2D eigenvalue weighted by Gasteiger charge is 2.20. The van der Waals surface area contributed by atoms with Crippen LogP contribution in [0.5, 0.6) is 0 Å². The van der Waals surface area contributed by atoms with Crippen molar-refractivity contribution in [1.29, 1.82) is 0 Å². The summed E-state index contributed by atoms with van der Waals surface area (Å²) in [4.78, 5) is 28.7. The third-order valence-electron chi connectivity index (χ3n) is 4.52. The van der Waals surface area contributed by atoms with E-state index in [2.05, 4.69) is 15.4 Å². The van der Waals surface area contributed by atoms with Crippen LogP contribution in [0.1, 0.15) is 23.4 Å². The SMILES string of the molecule is O=C(C=Cc1nc2ccccc2s1)NCCN1N=C(c2ccccc2)CCC1=O. The fourth-order valence-corrected chi connectivity index (χ4v) is 3.94. The van der Waals surface area contributed by atoms with Crippen molar-refractivity contribution in [2.24, 2.45) is 5.10 Å². The van der Waals surface area contributed by atoms with Gasteiger partial charge in [-0.3, -0.25) is 9.59 Å². The van der Waals surface area contributed by atoms with Crippen molar-refractivity contribution in [3.05, 3.63) is 71.2 Å². The van der Waals surface area contributed by atoms with E-state index in [1.165, 1.54) is 22.4 Å². The molecule has 2 aromatic carbocycles. The molecule has 4 rings (SSSR count). The monoisotopic (exact) mass is 404 g/mol. The van der Waals surface area contributed by atoms with Crippen LogP contribution in [0, 0.1) is 0 Å². The molecule has 0 radical (unpaired) electrons. The summed E-state index contributed by atoms with van der Waals surface area (Å²) in [5, 5.41) is 9.50.